The first-order chi connectivity index (χ1) is 9.49. The quantitative estimate of drug-likeness (QED) is 0.625. The SMILES string of the molecule is Cc1c(C(=O)[O-])cccc1-c1ccc(C=C[N+](=O)[O-])o1. The third kappa shape index (κ3) is 2.74. The molecule has 2 aromatic rings. The summed E-state index contributed by atoms with van der Waals surface area (Å²) in [6.07, 6.45) is 1.99. The Morgan fingerprint density at radius 2 is 2.05 bits per heavy atom. The lowest BCUT2D eigenvalue weighted by Gasteiger charge is -2.10. The van der Waals surface area contributed by atoms with Gasteiger partial charge in [-0.3, -0.25) is 10.1 Å². The third-order valence-corrected chi connectivity index (χ3v) is 2.81. The molecule has 1 aromatic heterocycles. The highest BCUT2D eigenvalue weighted by atomic mass is 16.6. The number of furan rings is 1. The van der Waals surface area contributed by atoms with E-state index in [2.05, 4.69) is 0 Å². The van der Waals surface area contributed by atoms with E-state index in [1.54, 1.807) is 31.2 Å². The maximum atomic E-state index is 11.0. The fourth-order valence-electron chi connectivity index (χ4n) is 1.85. The minimum atomic E-state index is -1.26. The van der Waals surface area contributed by atoms with E-state index < -0.39 is 10.9 Å². The van der Waals surface area contributed by atoms with Crippen molar-refractivity contribution in [3.63, 3.8) is 0 Å². The van der Waals surface area contributed by atoms with Gasteiger partial charge in [-0.05, 0) is 24.6 Å². The van der Waals surface area contributed by atoms with Crippen molar-refractivity contribution in [2.75, 3.05) is 0 Å². The molecular formula is C14H10NO5-. The van der Waals surface area contributed by atoms with Crippen LogP contribution in [0.15, 0.2) is 40.9 Å². The van der Waals surface area contributed by atoms with Gasteiger partial charge in [-0.25, -0.2) is 0 Å². The molecule has 0 saturated carbocycles. The van der Waals surface area contributed by atoms with Crippen LogP contribution in [-0.2, 0) is 0 Å². The molecule has 0 bridgehead atoms. The van der Waals surface area contributed by atoms with Crippen LogP contribution in [0.4, 0.5) is 0 Å². The zero-order valence-electron chi connectivity index (χ0n) is 10.5. The number of nitrogens with zero attached hydrogens (tertiary/aromatic N) is 1. The minimum absolute atomic E-state index is 0.0845. The maximum Gasteiger partial charge on any atom is 0.238 e. The Labute approximate surface area is 114 Å². The molecule has 20 heavy (non-hydrogen) atoms. The first kappa shape index (κ1) is 13.5. The maximum absolute atomic E-state index is 11.0. The van der Waals surface area contributed by atoms with E-state index in [0.717, 1.165) is 6.20 Å². The highest BCUT2D eigenvalue weighted by Crippen LogP contribution is 2.27. The second kappa shape index (κ2) is 5.40. The van der Waals surface area contributed by atoms with Crippen molar-refractivity contribution in [2.45, 2.75) is 6.92 Å². The molecule has 0 aliphatic rings. The fourth-order valence-corrected chi connectivity index (χ4v) is 1.85. The van der Waals surface area contributed by atoms with Crippen molar-refractivity contribution in [2.24, 2.45) is 0 Å². The van der Waals surface area contributed by atoms with Crippen LogP contribution >= 0.6 is 0 Å². The van der Waals surface area contributed by atoms with Gasteiger partial charge in [0, 0.05) is 11.1 Å². The first-order valence-electron chi connectivity index (χ1n) is 5.72. The van der Waals surface area contributed by atoms with Crippen LogP contribution in [0.25, 0.3) is 17.4 Å². The lowest BCUT2D eigenvalue weighted by Crippen LogP contribution is -2.23. The van der Waals surface area contributed by atoms with Gasteiger partial charge < -0.3 is 14.3 Å². The highest BCUT2D eigenvalue weighted by molar-refractivity contribution is 5.90. The Morgan fingerprint density at radius 3 is 2.70 bits per heavy atom. The zero-order valence-corrected chi connectivity index (χ0v) is 10.5. The lowest BCUT2D eigenvalue weighted by molar-refractivity contribution is -0.401. The Hall–Kier alpha value is -2.89. The molecule has 0 atom stereocenters. The van der Waals surface area contributed by atoms with Gasteiger partial charge in [0.25, 0.3) is 0 Å². The Morgan fingerprint density at radius 1 is 1.30 bits per heavy atom. The number of carboxylic acids is 1. The van der Waals surface area contributed by atoms with Crippen LogP contribution in [0.2, 0.25) is 0 Å². The minimum Gasteiger partial charge on any atom is -0.545 e. The van der Waals surface area contributed by atoms with Gasteiger partial charge in [0.15, 0.2) is 0 Å². The van der Waals surface area contributed by atoms with Crippen LogP contribution in [0.5, 0.6) is 0 Å². The molecule has 0 aliphatic carbocycles. The van der Waals surface area contributed by atoms with E-state index in [1.807, 2.05) is 0 Å². The van der Waals surface area contributed by atoms with Crippen LogP contribution in [-0.4, -0.2) is 10.9 Å². The number of carboxylic acid groups (broad SMARTS) is 1. The average Bonchev–Trinajstić information content (AvgIpc) is 2.85. The summed E-state index contributed by atoms with van der Waals surface area (Å²) < 4.78 is 5.43. The number of aromatic carboxylic acids is 1. The monoisotopic (exact) mass is 272 g/mol. The summed E-state index contributed by atoms with van der Waals surface area (Å²) in [6.45, 7) is 1.65. The van der Waals surface area contributed by atoms with E-state index in [4.69, 9.17) is 4.42 Å². The summed E-state index contributed by atoms with van der Waals surface area (Å²) in [5.41, 5.74) is 1.21. The topological polar surface area (TPSA) is 96.4 Å². The molecular weight excluding hydrogens is 262 g/mol. The molecule has 1 aromatic carbocycles. The highest BCUT2D eigenvalue weighted by Gasteiger charge is 2.10. The molecule has 0 saturated heterocycles. The first-order valence-corrected chi connectivity index (χ1v) is 5.72. The summed E-state index contributed by atoms with van der Waals surface area (Å²) >= 11 is 0. The van der Waals surface area contributed by atoms with Crippen LogP contribution in [0.3, 0.4) is 0 Å². The van der Waals surface area contributed by atoms with Crippen molar-refractivity contribution in [3.05, 3.63) is 63.5 Å². The number of hydrogen-bond acceptors (Lipinski definition) is 5. The summed E-state index contributed by atoms with van der Waals surface area (Å²) in [7, 11) is 0. The van der Waals surface area contributed by atoms with Gasteiger partial charge in [0.05, 0.1) is 17.0 Å². The van der Waals surface area contributed by atoms with E-state index in [-0.39, 0.29) is 5.56 Å². The number of carbonyl (C=O) groups is 1. The van der Waals surface area contributed by atoms with E-state index in [0.29, 0.717) is 22.6 Å². The lowest BCUT2D eigenvalue weighted by atomic mass is 10.0. The number of nitro groups is 1. The number of benzene rings is 1. The summed E-state index contributed by atoms with van der Waals surface area (Å²) in [6, 6.07) is 7.94. The van der Waals surface area contributed by atoms with E-state index in [1.165, 1.54) is 12.1 Å². The molecule has 102 valence electrons. The Bertz CT molecular complexity index is 699. The van der Waals surface area contributed by atoms with Crippen LogP contribution in [0.1, 0.15) is 21.7 Å². The molecule has 0 N–H and O–H groups in total. The van der Waals surface area contributed by atoms with Gasteiger partial charge in [-0.2, -0.15) is 0 Å². The molecule has 0 fully saturated rings. The Kier molecular flexibility index (Phi) is 3.65. The molecule has 0 spiro atoms. The summed E-state index contributed by atoms with van der Waals surface area (Å²) in [4.78, 5) is 20.6. The molecule has 0 aliphatic heterocycles. The van der Waals surface area contributed by atoms with Crippen molar-refractivity contribution in [3.8, 4) is 11.3 Å². The molecule has 0 unspecified atom stereocenters. The second-order valence-corrected chi connectivity index (χ2v) is 4.07. The van der Waals surface area contributed by atoms with Gasteiger partial charge in [-0.1, -0.05) is 18.2 Å². The summed E-state index contributed by atoms with van der Waals surface area (Å²) in [5.74, 6) is -0.507. The average molecular weight is 272 g/mol. The molecule has 2 rings (SSSR count). The van der Waals surface area contributed by atoms with Crippen LogP contribution < -0.4 is 5.11 Å². The summed E-state index contributed by atoms with van der Waals surface area (Å²) in [5, 5.41) is 21.2. The standard InChI is InChI=1S/C14H11NO5/c1-9-11(3-2-4-12(9)14(16)17)13-6-5-10(20-13)7-8-15(18)19/h2-8H,1H3,(H,16,17)/p-1. The third-order valence-electron chi connectivity index (χ3n) is 2.81. The van der Waals surface area contributed by atoms with Crippen LogP contribution in [0, 0.1) is 17.0 Å². The van der Waals surface area contributed by atoms with Crippen molar-refractivity contribution < 1.29 is 19.2 Å². The zero-order chi connectivity index (χ0) is 14.7. The molecule has 0 radical (unpaired) electrons. The van der Waals surface area contributed by atoms with Crippen molar-refractivity contribution in [1.82, 2.24) is 0 Å². The molecule has 6 nitrogen and oxygen atoms in total. The Balaban J connectivity index is 2.40. The predicted octanol–water partition coefficient (Wildman–Crippen LogP) is 1.87. The molecule has 0 amide bonds. The second-order valence-electron chi connectivity index (χ2n) is 4.07. The van der Waals surface area contributed by atoms with Gasteiger partial charge in [0.1, 0.15) is 11.5 Å². The molecule has 1 heterocycles. The van der Waals surface area contributed by atoms with Crippen molar-refractivity contribution >= 4 is 12.0 Å². The molecule has 6 heteroatoms. The largest absolute Gasteiger partial charge is 0.545 e. The van der Waals surface area contributed by atoms with Crippen molar-refractivity contribution in [1.29, 1.82) is 0 Å². The number of hydrogen-bond donors (Lipinski definition) is 0. The number of carbonyl (C=O) groups excluding carboxylic acids is 1. The van der Waals surface area contributed by atoms with E-state index in [9.17, 15) is 20.0 Å². The predicted molar refractivity (Wildman–Crippen MR) is 69.2 cm³/mol. The van der Waals surface area contributed by atoms with E-state index >= 15 is 0 Å². The number of rotatable bonds is 4. The van der Waals surface area contributed by atoms with Gasteiger partial charge in [0.2, 0.25) is 6.20 Å². The smallest absolute Gasteiger partial charge is 0.238 e. The van der Waals surface area contributed by atoms with Gasteiger partial charge >= 0.3 is 0 Å². The normalized spacial score (nSPS) is 10.8. The fraction of sp³-hybridized carbons (Fsp3) is 0.0714. The van der Waals surface area contributed by atoms with Gasteiger partial charge in [-0.15, -0.1) is 0 Å².